The van der Waals surface area contributed by atoms with Crippen molar-refractivity contribution in [1.82, 2.24) is 10.2 Å². The zero-order chi connectivity index (χ0) is 15.6. The number of aryl methyl sites for hydroxylation is 2. The summed E-state index contributed by atoms with van der Waals surface area (Å²) in [6.45, 7) is 0. The molecule has 0 aliphatic heterocycles. The summed E-state index contributed by atoms with van der Waals surface area (Å²) in [7, 11) is 0. The van der Waals surface area contributed by atoms with Gasteiger partial charge in [0.1, 0.15) is 0 Å². The van der Waals surface area contributed by atoms with Crippen molar-refractivity contribution in [1.29, 1.82) is 0 Å². The predicted octanol–water partition coefficient (Wildman–Crippen LogP) is 3.93. The standard InChI is InChI=1S/C17H15N3O2S/c21-15(13-6-5-11-3-1-2-4-12(11)9-13)18-17-20-19-16(22-17)14-7-8-23-10-14/h5-10H,1-4H2,(H,18,20,21). The highest BCUT2D eigenvalue weighted by Crippen LogP contribution is 2.24. The Morgan fingerprint density at radius 3 is 2.83 bits per heavy atom. The molecule has 1 aliphatic carbocycles. The van der Waals surface area contributed by atoms with Crippen LogP contribution >= 0.6 is 11.3 Å². The Balaban J connectivity index is 1.52. The molecule has 2 heterocycles. The minimum atomic E-state index is -0.223. The number of fused-ring (bicyclic) bond motifs is 1. The summed E-state index contributed by atoms with van der Waals surface area (Å²) in [6, 6.07) is 7.89. The van der Waals surface area contributed by atoms with Crippen molar-refractivity contribution in [2.45, 2.75) is 25.7 Å². The van der Waals surface area contributed by atoms with Crippen molar-refractivity contribution in [3.05, 3.63) is 51.7 Å². The number of aromatic nitrogens is 2. The first-order valence-electron chi connectivity index (χ1n) is 7.59. The summed E-state index contributed by atoms with van der Waals surface area (Å²) in [6.07, 6.45) is 4.56. The van der Waals surface area contributed by atoms with Gasteiger partial charge in [0.2, 0.25) is 0 Å². The SMILES string of the molecule is O=C(Nc1nnc(-c2ccsc2)o1)c1ccc2c(c1)CCCC2. The molecule has 1 aromatic carbocycles. The van der Waals surface area contributed by atoms with Crippen LogP contribution in [-0.4, -0.2) is 16.1 Å². The molecule has 1 N–H and O–H groups in total. The summed E-state index contributed by atoms with van der Waals surface area (Å²) in [5.41, 5.74) is 4.11. The molecule has 6 heteroatoms. The fourth-order valence-corrected chi connectivity index (χ4v) is 3.45. The first kappa shape index (κ1) is 14.1. The number of nitrogens with one attached hydrogen (secondary N) is 1. The van der Waals surface area contributed by atoms with E-state index in [4.69, 9.17) is 4.42 Å². The van der Waals surface area contributed by atoms with E-state index in [1.165, 1.54) is 24.0 Å². The van der Waals surface area contributed by atoms with Crippen LogP contribution in [0.2, 0.25) is 0 Å². The number of nitrogens with zero attached hydrogens (tertiary/aromatic N) is 2. The molecule has 0 fully saturated rings. The van der Waals surface area contributed by atoms with Crippen molar-refractivity contribution < 1.29 is 9.21 Å². The number of carbonyl (C=O) groups is 1. The lowest BCUT2D eigenvalue weighted by atomic mass is 9.90. The zero-order valence-corrected chi connectivity index (χ0v) is 13.2. The second kappa shape index (κ2) is 5.96. The number of hydrogen-bond acceptors (Lipinski definition) is 5. The summed E-state index contributed by atoms with van der Waals surface area (Å²) < 4.78 is 5.49. The molecule has 23 heavy (non-hydrogen) atoms. The van der Waals surface area contributed by atoms with Crippen LogP contribution in [0.15, 0.2) is 39.4 Å². The third-order valence-electron chi connectivity index (χ3n) is 4.02. The smallest absolute Gasteiger partial charge is 0.322 e. The van der Waals surface area contributed by atoms with Gasteiger partial charge in [-0.2, -0.15) is 11.3 Å². The van der Waals surface area contributed by atoms with Crippen LogP contribution in [0, 0.1) is 0 Å². The molecule has 0 spiro atoms. The topological polar surface area (TPSA) is 68.0 Å². The number of benzene rings is 1. The van der Waals surface area contributed by atoms with E-state index < -0.39 is 0 Å². The van der Waals surface area contributed by atoms with E-state index in [0.29, 0.717) is 11.5 Å². The van der Waals surface area contributed by atoms with Gasteiger partial charge in [-0.25, -0.2) is 0 Å². The molecule has 0 saturated carbocycles. The molecule has 1 amide bonds. The van der Waals surface area contributed by atoms with E-state index in [1.807, 2.05) is 35.0 Å². The summed E-state index contributed by atoms with van der Waals surface area (Å²) in [5.74, 6) is 0.186. The van der Waals surface area contributed by atoms with Gasteiger partial charge in [0.15, 0.2) is 0 Å². The molecule has 0 bridgehead atoms. The van der Waals surface area contributed by atoms with E-state index in [1.54, 1.807) is 11.3 Å². The lowest BCUT2D eigenvalue weighted by Gasteiger charge is -2.16. The highest BCUT2D eigenvalue weighted by Gasteiger charge is 2.15. The van der Waals surface area contributed by atoms with E-state index >= 15 is 0 Å². The van der Waals surface area contributed by atoms with E-state index in [0.717, 1.165) is 18.4 Å². The minimum Gasteiger partial charge on any atom is -0.403 e. The van der Waals surface area contributed by atoms with Crippen LogP contribution < -0.4 is 5.32 Å². The normalized spacial score (nSPS) is 13.6. The number of carbonyl (C=O) groups excluding carboxylic acids is 1. The van der Waals surface area contributed by atoms with Crippen LogP contribution in [-0.2, 0) is 12.8 Å². The van der Waals surface area contributed by atoms with Crippen LogP contribution in [0.25, 0.3) is 11.5 Å². The van der Waals surface area contributed by atoms with Crippen LogP contribution in [0.5, 0.6) is 0 Å². The first-order valence-corrected chi connectivity index (χ1v) is 8.53. The second-order valence-corrected chi connectivity index (χ2v) is 6.35. The predicted molar refractivity (Wildman–Crippen MR) is 88.6 cm³/mol. The largest absolute Gasteiger partial charge is 0.403 e. The van der Waals surface area contributed by atoms with Gasteiger partial charge < -0.3 is 4.42 Å². The Morgan fingerprint density at radius 2 is 2.00 bits per heavy atom. The fourth-order valence-electron chi connectivity index (χ4n) is 2.82. The van der Waals surface area contributed by atoms with Crippen molar-refractivity contribution in [3.8, 4) is 11.5 Å². The summed E-state index contributed by atoms with van der Waals surface area (Å²) in [4.78, 5) is 12.4. The van der Waals surface area contributed by atoms with Gasteiger partial charge in [-0.05, 0) is 60.4 Å². The number of anilines is 1. The van der Waals surface area contributed by atoms with Crippen molar-refractivity contribution in [2.24, 2.45) is 0 Å². The maximum Gasteiger partial charge on any atom is 0.322 e. The second-order valence-electron chi connectivity index (χ2n) is 5.57. The Kier molecular flexibility index (Phi) is 3.67. The zero-order valence-electron chi connectivity index (χ0n) is 12.4. The van der Waals surface area contributed by atoms with Gasteiger partial charge in [-0.1, -0.05) is 11.2 Å². The molecular weight excluding hydrogens is 310 g/mol. The highest BCUT2D eigenvalue weighted by atomic mass is 32.1. The highest BCUT2D eigenvalue weighted by molar-refractivity contribution is 7.08. The Hall–Kier alpha value is -2.47. The summed E-state index contributed by atoms with van der Waals surface area (Å²) >= 11 is 1.55. The lowest BCUT2D eigenvalue weighted by Crippen LogP contribution is -2.13. The van der Waals surface area contributed by atoms with Gasteiger partial charge in [-0.15, -0.1) is 5.10 Å². The van der Waals surface area contributed by atoms with Crippen molar-refractivity contribution >= 4 is 23.3 Å². The Labute approximate surface area is 137 Å². The number of hydrogen-bond donors (Lipinski definition) is 1. The van der Waals surface area contributed by atoms with Gasteiger partial charge in [0, 0.05) is 16.5 Å². The van der Waals surface area contributed by atoms with Crippen molar-refractivity contribution in [2.75, 3.05) is 5.32 Å². The molecule has 2 aromatic heterocycles. The Morgan fingerprint density at radius 1 is 1.13 bits per heavy atom. The Bertz CT molecular complexity index is 839. The van der Waals surface area contributed by atoms with E-state index in [2.05, 4.69) is 15.5 Å². The molecular formula is C17H15N3O2S. The minimum absolute atomic E-state index is 0.119. The number of rotatable bonds is 3. The quantitative estimate of drug-likeness (QED) is 0.792. The average Bonchev–Trinajstić information content (AvgIpc) is 3.25. The van der Waals surface area contributed by atoms with Gasteiger partial charge in [-0.3, -0.25) is 10.1 Å². The average molecular weight is 325 g/mol. The fraction of sp³-hybridized carbons (Fsp3) is 0.235. The monoisotopic (exact) mass is 325 g/mol. The van der Waals surface area contributed by atoms with E-state index in [-0.39, 0.29) is 11.9 Å². The molecule has 0 atom stereocenters. The maximum atomic E-state index is 12.4. The third kappa shape index (κ3) is 2.90. The van der Waals surface area contributed by atoms with Gasteiger partial charge >= 0.3 is 6.01 Å². The number of amides is 1. The molecule has 1 aliphatic rings. The third-order valence-corrected chi connectivity index (χ3v) is 4.71. The molecule has 4 rings (SSSR count). The molecule has 0 unspecified atom stereocenters. The van der Waals surface area contributed by atoms with Crippen LogP contribution in [0.4, 0.5) is 6.01 Å². The molecule has 0 saturated heterocycles. The van der Waals surface area contributed by atoms with Crippen molar-refractivity contribution in [3.63, 3.8) is 0 Å². The molecule has 116 valence electrons. The lowest BCUT2D eigenvalue weighted by molar-refractivity contribution is 0.102. The summed E-state index contributed by atoms with van der Waals surface area (Å²) in [5, 5.41) is 14.4. The first-order chi connectivity index (χ1) is 11.3. The number of thiophene rings is 1. The van der Waals surface area contributed by atoms with E-state index in [9.17, 15) is 4.79 Å². The van der Waals surface area contributed by atoms with Gasteiger partial charge in [0.25, 0.3) is 11.8 Å². The molecule has 3 aromatic rings. The molecule has 0 radical (unpaired) electrons. The molecule has 5 nitrogen and oxygen atoms in total. The van der Waals surface area contributed by atoms with Crippen LogP contribution in [0.3, 0.4) is 0 Å². The van der Waals surface area contributed by atoms with Gasteiger partial charge in [0.05, 0.1) is 0 Å². The van der Waals surface area contributed by atoms with Crippen LogP contribution in [0.1, 0.15) is 34.3 Å². The maximum absolute atomic E-state index is 12.4.